The molecule has 5 rings (SSSR count). The largest absolute Gasteiger partial charge is 0.336 e. The van der Waals surface area contributed by atoms with Crippen LogP contribution in [0.3, 0.4) is 0 Å². The van der Waals surface area contributed by atoms with Crippen molar-refractivity contribution in [2.24, 2.45) is 0 Å². The van der Waals surface area contributed by atoms with Gasteiger partial charge in [0.15, 0.2) is 0 Å². The topological polar surface area (TPSA) is 57.9 Å². The number of carbonyl (C=O) groups is 2. The van der Waals surface area contributed by atoms with Gasteiger partial charge in [0.25, 0.3) is 5.91 Å². The number of aromatic nitrogens is 2. The second kappa shape index (κ2) is 7.03. The molecule has 0 N–H and O–H groups in total. The standard InChI is InChI=1S/C23H24N4O2/c28-21(19-17-25-13-5-4-10-20(25)24-19)27-15-7-12-23(27)11-6-14-26(22(23)29)16-18-8-2-1-3-9-18/h1-5,8-10,13,17H,6-7,11-12,14-16H2. The highest BCUT2D eigenvalue weighted by Crippen LogP contribution is 2.39. The smallest absolute Gasteiger partial charge is 0.274 e. The van der Waals surface area contributed by atoms with Gasteiger partial charge in [-0.2, -0.15) is 0 Å². The lowest BCUT2D eigenvalue weighted by Crippen LogP contribution is -2.61. The van der Waals surface area contributed by atoms with Crippen LogP contribution in [0.4, 0.5) is 0 Å². The van der Waals surface area contributed by atoms with E-state index in [9.17, 15) is 9.59 Å². The molecular weight excluding hydrogens is 364 g/mol. The van der Waals surface area contributed by atoms with Crippen molar-refractivity contribution in [3.05, 3.63) is 72.2 Å². The number of amides is 2. The first kappa shape index (κ1) is 17.9. The molecule has 2 amide bonds. The summed E-state index contributed by atoms with van der Waals surface area (Å²) in [6, 6.07) is 15.7. The van der Waals surface area contributed by atoms with Crippen molar-refractivity contribution in [2.75, 3.05) is 13.1 Å². The third-order valence-corrected chi connectivity index (χ3v) is 6.24. The van der Waals surface area contributed by atoms with Gasteiger partial charge in [-0.05, 0) is 43.4 Å². The van der Waals surface area contributed by atoms with E-state index in [2.05, 4.69) is 4.98 Å². The van der Waals surface area contributed by atoms with Crippen LogP contribution < -0.4 is 0 Å². The predicted octanol–water partition coefficient (Wildman–Crippen LogP) is 3.13. The van der Waals surface area contributed by atoms with Crippen LogP contribution in [0.15, 0.2) is 60.9 Å². The first-order valence-electron chi connectivity index (χ1n) is 10.3. The van der Waals surface area contributed by atoms with Gasteiger partial charge in [-0.15, -0.1) is 0 Å². The van der Waals surface area contributed by atoms with E-state index >= 15 is 0 Å². The van der Waals surface area contributed by atoms with Crippen molar-refractivity contribution >= 4 is 17.5 Å². The average Bonchev–Trinajstić information content (AvgIpc) is 3.37. The van der Waals surface area contributed by atoms with Gasteiger partial charge in [0.1, 0.15) is 16.9 Å². The molecule has 0 saturated carbocycles. The van der Waals surface area contributed by atoms with Crippen LogP contribution in [-0.2, 0) is 11.3 Å². The monoisotopic (exact) mass is 388 g/mol. The number of hydrogen-bond donors (Lipinski definition) is 0. The number of nitrogens with zero attached hydrogens (tertiary/aromatic N) is 4. The van der Waals surface area contributed by atoms with Gasteiger partial charge in [0, 0.05) is 32.0 Å². The Morgan fingerprint density at radius 2 is 1.76 bits per heavy atom. The van der Waals surface area contributed by atoms with Gasteiger partial charge in [0.05, 0.1) is 0 Å². The fourth-order valence-corrected chi connectivity index (χ4v) is 4.85. The second-order valence-corrected chi connectivity index (χ2v) is 8.00. The summed E-state index contributed by atoms with van der Waals surface area (Å²) in [4.78, 5) is 35.2. The van der Waals surface area contributed by atoms with Crippen molar-refractivity contribution in [3.8, 4) is 0 Å². The van der Waals surface area contributed by atoms with Gasteiger partial charge < -0.3 is 14.2 Å². The van der Waals surface area contributed by atoms with Gasteiger partial charge in [0.2, 0.25) is 5.91 Å². The number of hydrogen-bond acceptors (Lipinski definition) is 3. The maximum atomic E-state index is 13.6. The molecule has 29 heavy (non-hydrogen) atoms. The van der Waals surface area contributed by atoms with E-state index < -0.39 is 5.54 Å². The molecule has 0 bridgehead atoms. The summed E-state index contributed by atoms with van der Waals surface area (Å²) in [5, 5.41) is 0. The number of piperidine rings is 1. The lowest BCUT2D eigenvalue weighted by Gasteiger charge is -2.44. The number of pyridine rings is 1. The number of fused-ring (bicyclic) bond motifs is 1. The number of imidazole rings is 1. The van der Waals surface area contributed by atoms with Crippen LogP contribution in [-0.4, -0.2) is 49.6 Å². The average molecular weight is 388 g/mol. The van der Waals surface area contributed by atoms with Crippen LogP contribution >= 0.6 is 0 Å². The molecule has 6 heteroatoms. The molecule has 6 nitrogen and oxygen atoms in total. The van der Waals surface area contributed by atoms with E-state index in [0.29, 0.717) is 18.8 Å². The van der Waals surface area contributed by atoms with Crippen molar-refractivity contribution in [2.45, 2.75) is 37.8 Å². The minimum absolute atomic E-state index is 0.0854. The molecule has 1 atom stereocenters. The van der Waals surface area contributed by atoms with Crippen LogP contribution in [0.1, 0.15) is 41.7 Å². The molecule has 3 aromatic rings. The molecule has 2 aliphatic heterocycles. The van der Waals surface area contributed by atoms with E-state index in [1.165, 1.54) is 0 Å². The summed E-state index contributed by atoms with van der Waals surface area (Å²) in [6.45, 7) is 1.95. The minimum Gasteiger partial charge on any atom is -0.336 e. The van der Waals surface area contributed by atoms with E-state index in [1.807, 2.05) is 64.0 Å². The summed E-state index contributed by atoms with van der Waals surface area (Å²) in [6.07, 6.45) is 6.87. The van der Waals surface area contributed by atoms with E-state index in [0.717, 1.165) is 43.4 Å². The SMILES string of the molecule is O=C(c1cn2ccccc2n1)N1CCCC12CCCN(Cc1ccccc1)C2=O. The Morgan fingerprint density at radius 1 is 1.00 bits per heavy atom. The highest BCUT2D eigenvalue weighted by atomic mass is 16.2. The van der Waals surface area contributed by atoms with Crippen molar-refractivity contribution in [1.29, 1.82) is 0 Å². The quantitative estimate of drug-likeness (QED) is 0.693. The number of benzene rings is 1. The minimum atomic E-state index is -0.722. The first-order chi connectivity index (χ1) is 14.2. The van der Waals surface area contributed by atoms with Gasteiger partial charge >= 0.3 is 0 Å². The van der Waals surface area contributed by atoms with Crippen LogP contribution in [0, 0.1) is 0 Å². The normalized spacial score (nSPS) is 22.0. The Morgan fingerprint density at radius 3 is 2.55 bits per heavy atom. The van der Waals surface area contributed by atoms with E-state index in [1.54, 1.807) is 11.1 Å². The Kier molecular flexibility index (Phi) is 4.34. The molecule has 1 aromatic carbocycles. The van der Waals surface area contributed by atoms with E-state index in [4.69, 9.17) is 0 Å². The zero-order valence-corrected chi connectivity index (χ0v) is 16.3. The lowest BCUT2D eigenvalue weighted by atomic mass is 9.85. The van der Waals surface area contributed by atoms with Crippen molar-refractivity contribution < 1.29 is 9.59 Å². The molecule has 2 saturated heterocycles. The van der Waals surface area contributed by atoms with Crippen molar-refractivity contribution in [1.82, 2.24) is 19.2 Å². The van der Waals surface area contributed by atoms with Gasteiger partial charge in [-0.25, -0.2) is 4.98 Å². The predicted molar refractivity (Wildman–Crippen MR) is 109 cm³/mol. The van der Waals surface area contributed by atoms with Gasteiger partial charge in [-0.3, -0.25) is 9.59 Å². The Labute approximate surface area is 169 Å². The fourth-order valence-electron chi connectivity index (χ4n) is 4.85. The van der Waals surface area contributed by atoms with Gasteiger partial charge in [-0.1, -0.05) is 36.4 Å². The maximum Gasteiger partial charge on any atom is 0.274 e. The third kappa shape index (κ3) is 2.99. The van der Waals surface area contributed by atoms with Crippen LogP contribution in [0.25, 0.3) is 5.65 Å². The number of rotatable bonds is 3. The molecular formula is C23H24N4O2. The summed E-state index contributed by atoms with van der Waals surface area (Å²) in [5.74, 6) is -0.0525. The highest BCUT2D eigenvalue weighted by molar-refractivity contribution is 5.99. The van der Waals surface area contributed by atoms with Crippen LogP contribution in [0.5, 0.6) is 0 Å². The molecule has 1 spiro atoms. The lowest BCUT2D eigenvalue weighted by molar-refractivity contribution is -0.146. The first-order valence-corrected chi connectivity index (χ1v) is 10.3. The Bertz CT molecular complexity index is 1030. The summed E-state index contributed by atoms with van der Waals surface area (Å²) in [7, 11) is 0. The summed E-state index contributed by atoms with van der Waals surface area (Å²) in [5.41, 5.74) is 1.55. The molecule has 2 aromatic heterocycles. The third-order valence-electron chi connectivity index (χ3n) is 6.24. The fraction of sp³-hybridized carbons (Fsp3) is 0.348. The number of carbonyl (C=O) groups excluding carboxylic acids is 2. The zero-order chi connectivity index (χ0) is 19.8. The molecule has 0 aliphatic carbocycles. The Balaban J connectivity index is 1.43. The Hall–Kier alpha value is -3.15. The molecule has 2 fully saturated rings. The summed E-state index contributed by atoms with van der Waals surface area (Å²) >= 11 is 0. The molecule has 2 aliphatic rings. The van der Waals surface area contributed by atoms with Crippen molar-refractivity contribution in [3.63, 3.8) is 0 Å². The molecule has 148 valence electrons. The second-order valence-electron chi connectivity index (χ2n) is 8.00. The molecule has 1 unspecified atom stereocenters. The highest BCUT2D eigenvalue weighted by Gasteiger charge is 2.53. The number of likely N-dealkylation sites (tertiary alicyclic amines) is 2. The molecule has 4 heterocycles. The molecule has 0 radical (unpaired) electrons. The van der Waals surface area contributed by atoms with E-state index in [-0.39, 0.29) is 11.8 Å². The zero-order valence-electron chi connectivity index (χ0n) is 16.3. The maximum absolute atomic E-state index is 13.6. The summed E-state index contributed by atoms with van der Waals surface area (Å²) < 4.78 is 1.85. The van der Waals surface area contributed by atoms with Crippen LogP contribution in [0.2, 0.25) is 0 Å².